The molecule has 7 nitrogen and oxygen atoms in total. The third-order valence-electron chi connectivity index (χ3n) is 4.40. The number of thiazole rings is 1. The van der Waals surface area contributed by atoms with E-state index in [1.54, 1.807) is 31.5 Å². The summed E-state index contributed by atoms with van der Waals surface area (Å²) in [5.41, 5.74) is 2.22. The van der Waals surface area contributed by atoms with E-state index >= 15 is 0 Å². The number of pyridine rings is 1. The van der Waals surface area contributed by atoms with Gasteiger partial charge in [-0.1, -0.05) is 17.4 Å². The summed E-state index contributed by atoms with van der Waals surface area (Å²) in [6.07, 6.45) is 7.22. The van der Waals surface area contributed by atoms with Gasteiger partial charge in [-0.2, -0.15) is 0 Å². The number of hydrogen-bond donors (Lipinski definition) is 2. The molecule has 0 aliphatic heterocycles. The van der Waals surface area contributed by atoms with Crippen LogP contribution >= 0.6 is 11.3 Å². The smallest absolute Gasteiger partial charge is 0.251 e. The van der Waals surface area contributed by atoms with Gasteiger partial charge in [-0.3, -0.25) is 14.6 Å². The Balaban J connectivity index is 1.40. The van der Waals surface area contributed by atoms with Gasteiger partial charge in [0.25, 0.3) is 5.91 Å². The van der Waals surface area contributed by atoms with E-state index in [-0.39, 0.29) is 11.8 Å². The highest BCUT2D eigenvalue weighted by Crippen LogP contribution is 2.26. The largest absolute Gasteiger partial charge is 0.350 e. The van der Waals surface area contributed by atoms with Crippen LogP contribution in [-0.4, -0.2) is 32.4 Å². The van der Waals surface area contributed by atoms with Crippen molar-refractivity contribution in [2.75, 3.05) is 0 Å². The maximum Gasteiger partial charge on any atom is 0.251 e. The number of carbonyl (C=O) groups is 2. The van der Waals surface area contributed by atoms with Crippen LogP contribution in [0.3, 0.4) is 0 Å². The quantitative estimate of drug-likeness (QED) is 0.516. The van der Waals surface area contributed by atoms with Gasteiger partial charge >= 0.3 is 0 Å². The first-order valence-electron chi connectivity index (χ1n) is 9.11. The van der Waals surface area contributed by atoms with Crippen LogP contribution in [0.15, 0.2) is 67.3 Å². The predicted molar refractivity (Wildman–Crippen MR) is 112 cm³/mol. The first-order chi connectivity index (χ1) is 14.1. The van der Waals surface area contributed by atoms with Gasteiger partial charge < -0.3 is 15.2 Å². The molecule has 0 saturated carbocycles. The van der Waals surface area contributed by atoms with Gasteiger partial charge in [0.15, 0.2) is 5.13 Å². The second kappa shape index (κ2) is 8.24. The number of benzene rings is 1. The molecule has 1 aromatic carbocycles. The monoisotopic (exact) mass is 405 g/mol. The summed E-state index contributed by atoms with van der Waals surface area (Å²) in [5.74, 6) is -0.553. The van der Waals surface area contributed by atoms with Crippen molar-refractivity contribution in [2.24, 2.45) is 0 Å². The van der Waals surface area contributed by atoms with E-state index in [2.05, 4.69) is 20.6 Å². The Morgan fingerprint density at radius 1 is 1.17 bits per heavy atom. The number of amides is 2. The van der Waals surface area contributed by atoms with Crippen LogP contribution in [0, 0.1) is 0 Å². The number of rotatable bonds is 6. The zero-order chi connectivity index (χ0) is 20.2. The predicted octanol–water partition coefficient (Wildman–Crippen LogP) is 2.92. The summed E-state index contributed by atoms with van der Waals surface area (Å²) < 4.78 is 2.84. The first kappa shape index (κ1) is 18.8. The summed E-state index contributed by atoms with van der Waals surface area (Å²) in [6.45, 7) is 2.02. The van der Waals surface area contributed by atoms with Crippen molar-refractivity contribution >= 4 is 33.4 Å². The number of aromatic nitrogens is 3. The minimum absolute atomic E-state index is 0.254. The number of carbonyl (C=O) groups excluding carboxylic acids is 2. The number of hydrogen-bond acceptors (Lipinski definition) is 5. The molecule has 0 aliphatic rings. The van der Waals surface area contributed by atoms with Gasteiger partial charge in [0.2, 0.25) is 5.91 Å². The van der Waals surface area contributed by atoms with Crippen molar-refractivity contribution in [1.82, 2.24) is 25.2 Å². The minimum atomic E-state index is -0.660. The summed E-state index contributed by atoms with van der Waals surface area (Å²) in [4.78, 5) is 33.5. The third kappa shape index (κ3) is 4.33. The fourth-order valence-corrected chi connectivity index (χ4v) is 3.79. The van der Waals surface area contributed by atoms with E-state index in [0.717, 1.165) is 20.9 Å². The molecule has 0 bridgehead atoms. The van der Waals surface area contributed by atoms with Gasteiger partial charge in [-0.25, -0.2) is 4.98 Å². The van der Waals surface area contributed by atoms with Crippen LogP contribution in [-0.2, 0) is 11.3 Å². The summed E-state index contributed by atoms with van der Waals surface area (Å²) in [5, 5.41) is 6.38. The molecule has 0 unspecified atom stereocenters. The lowest BCUT2D eigenvalue weighted by molar-refractivity contribution is -0.122. The molecule has 3 aromatic heterocycles. The molecule has 0 spiro atoms. The molecule has 1 atom stereocenters. The van der Waals surface area contributed by atoms with Crippen molar-refractivity contribution in [1.29, 1.82) is 0 Å². The van der Waals surface area contributed by atoms with Crippen molar-refractivity contribution in [2.45, 2.75) is 19.5 Å². The maximum atomic E-state index is 12.6. The Labute approximate surface area is 171 Å². The average Bonchev–Trinajstić information content (AvgIpc) is 3.41. The highest BCUT2D eigenvalue weighted by atomic mass is 32.1. The topological polar surface area (TPSA) is 88.9 Å². The molecule has 4 aromatic rings. The summed E-state index contributed by atoms with van der Waals surface area (Å²) >= 11 is 1.50. The lowest BCUT2D eigenvalue weighted by Gasteiger charge is -2.14. The number of nitrogens with zero attached hydrogens (tertiary/aromatic N) is 3. The zero-order valence-corrected chi connectivity index (χ0v) is 16.5. The zero-order valence-electron chi connectivity index (χ0n) is 15.7. The minimum Gasteiger partial charge on any atom is -0.350 e. The SMILES string of the molecule is C[C@H](NC(=O)c1ccc2nc(-n3cccc3)sc2c1)C(=O)NCc1cccnc1. The van der Waals surface area contributed by atoms with E-state index in [4.69, 9.17) is 0 Å². The average molecular weight is 405 g/mol. The van der Waals surface area contributed by atoms with Crippen LogP contribution in [0.4, 0.5) is 0 Å². The molecule has 0 saturated heterocycles. The molecule has 2 amide bonds. The first-order valence-corrected chi connectivity index (χ1v) is 9.93. The molecular formula is C21H19N5O2S. The molecule has 2 N–H and O–H groups in total. The van der Waals surface area contributed by atoms with Gasteiger partial charge in [-0.05, 0) is 48.9 Å². The maximum absolute atomic E-state index is 12.6. The number of nitrogens with one attached hydrogen (secondary N) is 2. The molecule has 3 heterocycles. The van der Waals surface area contributed by atoms with Gasteiger partial charge in [0.05, 0.1) is 10.2 Å². The van der Waals surface area contributed by atoms with E-state index in [1.165, 1.54) is 11.3 Å². The molecule has 0 aliphatic carbocycles. The van der Waals surface area contributed by atoms with Gasteiger partial charge in [-0.15, -0.1) is 0 Å². The molecule has 146 valence electrons. The Morgan fingerprint density at radius 2 is 2.00 bits per heavy atom. The number of fused-ring (bicyclic) bond motifs is 1. The Morgan fingerprint density at radius 3 is 2.76 bits per heavy atom. The summed E-state index contributed by atoms with van der Waals surface area (Å²) in [7, 11) is 0. The lowest BCUT2D eigenvalue weighted by Crippen LogP contribution is -2.44. The third-order valence-corrected chi connectivity index (χ3v) is 5.43. The standard InChI is InChI=1S/C21H19N5O2S/c1-14(19(27)23-13-15-5-4-8-22-12-15)24-20(28)16-6-7-17-18(11-16)29-21(25-17)26-9-2-3-10-26/h2-12,14H,13H2,1H3,(H,23,27)(H,24,28)/t14-/m0/s1. The molecule has 8 heteroatoms. The molecule has 0 fully saturated rings. The van der Waals surface area contributed by atoms with Crippen molar-refractivity contribution in [3.05, 3.63) is 78.4 Å². The van der Waals surface area contributed by atoms with Gasteiger partial charge in [0, 0.05) is 36.9 Å². The van der Waals surface area contributed by atoms with Crippen LogP contribution in [0.1, 0.15) is 22.8 Å². The van der Waals surface area contributed by atoms with Crippen LogP contribution < -0.4 is 10.6 Å². The highest BCUT2D eigenvalue weighted by molar-refractivity contribution is 7.20. The second-order valence-electron chi connectivity index (χ2n) is 6.54. The molecule has 0 radical (unpaired) electrons. The fraction of sp³-hybridized carbons (Fsp3) is 0.143. The van der Waals surface area contributed by atoms with E-state index in [9.17, 15) is 9.59 Å². The van der Waals surface area contributed by atoms with Crippen LogP contribution in [0.2, 0.25) is 0 Å². The van der Waals surface area contributed by atoms with Crippen LogP contribution in [0.25, 0.3) is 15.3 Å². The summed E-state index contributed by atoms with van der Waals surface area (Å²) in [6, 6.07) is 12.2. The van der Waals surface area contributed by atoms with Crippen molar-refractivity contribution in [3.63, 3.8) is 0 Å². The second-order valence-corrected chi connectivity index (χ2v) is 7.55. The Hall–Kier alpha value is -3.52. The lowest BCUT2D eigenvalue weighted by atomic mass is 10.2. The Bertz CT molecular complexity index is 1140. The van der Waals surface area contributed by atoms with E-state index in [1.807, 2.05) is 47.3 Å². The van der Waals surface area contributed by atoms with Crippen molar-refractivity contribution < 1.29 is 9.59 Å². The normalized spacial score (nSPS) is 11.9. The fourth-order valence-electron chi connectivity index (χ4n) is 2.82. The molecule has 4 rings (SSSR count). The Kier molecular flexibility index (Phi) is 5.35. The van der Waals surface area contributed by atoms with Crippen LogP contribution in [0.5, 0.6) is 0 Å². The molecule has 29 heavy (non-hydrogen) atoms. The van der Waals surface area contributed by atoms with E-state index in [0.29, 0.717) is 12.1 Å². The van der Waals surface area contributed by atoms with E-state index < -0.39 is 6.04 Å². The molecular weight excluding hydrogens is 386 g/mol. The van der Waals surface area contributed by atoms with Crippen molar-refractivity contribution in [3.8, 4) is 5.13 Å². The highest BCUT2D eigenvalue weighted by Gasteiger charge is 2.17. The van der Waals surface area contributed by atoms with Gasteiger partial charge in [0.1, 0.15) is 6.04 Å².